The zero-order valence-corrected chi connectivity index (χ0v) is 15.0. The first kappa shape index (κ1) is 19.4. The molecule has 1 atom stereocenters. The van der Waals surface area contributed by atoms with Crippen molar-refractivity contribution in [1.29, 1.82) is 0 Å². The van der Waals surface area contributed by atoms with E-state index in [2.05, 4.69) is 5.32 Å². The molecule has 2 aromatic rings. The number of carboxylic acids is 1. The SMILES string of the molecule is Cc1ccc(C)c(C(=O)CCC(=O)NC(Cc2ccccc2)C(=O)O)c1. The van der Waals surface area contributed by atoms with Crippen LogP contribution in [0.15, 0.2) is 48.5 Å². The zero-order valence-electron chi connectivity index (χ0n) is 15.0. The van der Waals surface area contributed by atoms with Gasteiger partial charge in [-0.05, 0) is 31.0 Å². The van der Waals surface area contributed by atoms with Crippen LogP contribution in [0.3, 0.4) is 0 Å². The number of aryl methyl sites for hydroxylation is 2. The van der Waals surface area contributed by atoms with E-state index in [1.54, 1.807) is 0 Å². The summed E-state index contributed by atoms with van der Waals surface area (Å²) >= 11 is 0. The maximum atomic E-state index is 12.3. The van der Waals surface area contributed by atoms with E-state index < -0.39 is 17.9 Å². The summed E-state index contributed by atoms with van der Waals surface area (Å²) in [4.78, 5) is 35.8. The Kier molecular flexibility index (Phi) is 6.67. The Labute approximate surface area is 153 Å². The molecule has 1 unspecified atom stereocenters. The maximum absolute atomic E-state index is 12.3. The molecule has 2 N–H and O–H groups in total. The first-order valence-electron chi connectivity index (χ1n) is 8.53. The Morgan fingerprint density at radius 1 is 1.00 bits per heavy atom. The van der Waals surface area contributed by atoms with Crippen molar-refractivity contribution in [3.63, 3.8) is 0 Å². The van der Waals surface area contributed by atoms with E-state index in [1.807, 2.05) is 62.4 Å². The molecule has 0 bridgehead atoms. The fourth-order valence-corrected chi connectivity index (χ4v) is 2.71. The third-order valence-corrected chi connectivity index (χ3v) is 4.19. The second kappa shape index (κ2) is 8.94. The van der Waals surface area contributed by atoms with Gasteiger partial charge >= 0.3 is 5.97 Å². The second-order valence-corrected chi connectivity index (χ2v) is 6.39. The average Bonchev–Trinajstić information content (AvgIpc) is 2.62. The van der Waals surface area contributed by atoms with Crippen molar-refractivity contribution in [2.75, 3.05) is 0 Å². The molecule has 0 radical (unpaired) electrons. The number of Topliss-reactive ketones (excluding diaryl/α,β-unsaturated/α-hetero) is 1. The molecule has 0 fully saturated rings. The highest BCUT2D eigenvalue weighted by Crippen LogP contribution is 2.14. The van der Waals surface area contributed by atoms with Crippen LogP contribution in [0, 0.1) is 13.8 Å². The van der Waals surface area contributed by atoms with Crippen molar-refractivity contribution in [3.05, 3.63) is 70.8 Å². The normalized spacial score (nSPS) is 11.6. The van der Waals surface area contributed by atoms with E-state index in [1.165, 1.54) is 0 Å². The summed E-state index contributed by atoms with van der Waals surface area (Å²) in [6.45, 7) is 3.76. The third kappa shape index (κ3) is 5.55. The number of hydrogen-bond donors (Lipinski definition) is 2. The van der Waals surface area contributed by atoms with Gasteiger partial charge in [0, 0.05) is 24.8 Å². The fourth-order valence-electron chi connectivity index (χ4n) is 2.71. The van der Waals surface area contributed by atoms with Crippen molar-refractivity contribution in [1.82, 2.24) is 5.32 Å². The van der Waals surface area contributed by atoms with Gasteiger partial charge in [0.1, 0.15) is 6.04 Å². The molecule has 0 saturated heterocycles. The molecule has 5 nitrogen and oxygen atoms in total. The van der Waals surface area contributed by atoms with E-state index in [4.69, 9.17) is 0 Å². The molecule has 26 heavy (non-hydrogen) atoms. The van der Waals surface area contributed by atoms with Crippen molar-refractivity contribution < 1.29 is 19.5 Å². The summed E-state index contributed by atoms with van der Waals surface area (Å²) in [6, 6.07) is 13.7. The van der Waals surface area contributed by atoms with Crippen LogP contribution in [-0.4, -0.2) is 28.8 Å². The van der Waals surface area contributed by atoms with Crippen LogP contribution in [0.5, 0.6) is 0 Å². The van der Waals surface area contributed by atoms with Gasteiger partial charge in [0.25, 0.3) is 0 Å². The average molecular weight is 353 g/mol. The van der Waals surface area contributed by atoms with Gasteiger partial charge in [-0.25, -0.2) is 4.79 Å². The Morgan fingerprint density at radius 2 is 1.69 bits per heavy atom. The molecule has 5 heteroatoms. The third-order valence-electron chi connectivity index (χ3n) is 4.19. The minimum Gasteiger partial charge on any atom is -0.480 e. The number of nitrogens with one attached hydrogen (secondary N) is 1. The summed E-state index contributed by atoms with van der Waals surface area (Å²) in [5.41, 5.74) is 3.29. The number of hydrogen-bond acceptors (Lipinski definition) is 3. The molecule has 0 aliphatic rings. The maximum Gasteiger partial charge on any atom is 0.326 e. The second-order valence-electron chi connectivity index (χ2n) is 6.39. The molecule has 0 aromatic heterocycles. The van der Waals surface area contributed by atoms with Gasteiger partial charge in [0.05, 0.1) is 0 Å². The Morgan fingerprint density at radius 3 is 2.35 bits per heavy atom. The molecule has 136 valence electrons. The van der Waals surface area contributed by atoms with E-state index in [-0.39, 0.29) is 25.0 Å². The number of amides is 1. The Hall–Kier alpha value is -2.95. The molecule has 0 heterocycles. The van der Waals surface area contributed by atoms with Crippen LogP contribution in [0.1, 0.15) is 39.9 Å². The number of aliphatic carboxylic acids is 1. The predicted molar refractivity (Wildman–Crippen MR) is 99.2 cm³/mol. The minimum atomic E-state index is -1.09. The fraction of sp³-hybridized carbons (Fsp3) is 0.286. The van der Waals surface area contributed by atoms with Gasteiger partial charge in [-0.2, -0.15) is 0 Å². The van der Waals surface area contributed by atoms with Crippen molar-refractivity contribution in [2.45, 2.75) is 39.2 Å². The van der Waals surface area contributed by atoms with Crippen LogP contribution in [-0.2, 0) is 16.0 Å². The van der Waals surface area contributed by atoms with E-state index in [0.29, 0.717) is 5.56 Å². The van der Waals surface area contributed by atoms with Gasteiger partial charge < -0.3 is 10.4 Å². The highest BCUT2D eigenvalue weighted by molar-refractivity contribution is 5.99. The summed E-state index contributed by atoms with van der Waals surface area (Å²) in [5.74, 6) is -1.65. The highest BCUT2D eigenvalue weighted by Gasteiger charge is 2.21. The van der Waals surface area contributed by atoms with Crippen LogP contribution >= 0.6 is 0 Å². The lowest BCUT2D eigenvalue weighted by atomic mass is 9.99. The van der Waals surface area contributed by atoms with Gasteiger partial charge in [0.15, 0.2) is 5.78 Å². The minimum absolute atomic E-state index is 0.0369. The molecule has 2 rings (SSSR count). The number of carbonyl (C=O) groups is 3. The quantitative estimate of drug-likeness (QED) is 0.715. The molecular weight excluding hydrogens is 330 g/mol. The van der Waals surface area contributed by atoms with Crippen LogP contribution < -0.4 is 5.32 Å². The van der Waals surface area contributed by atoms with E-state index >= 15 is 0 Å². The van der Waals surface area contributed by atoms with Gasteiger partial charge in [-0.1, -0.05) is 48.0 Å². The topological polar surface area (TPSA) is 83.5 Å². The first-order valence-corrected chi connectivity index (χ1v) is 8.53. The molecule has 0 spiro atoms. The molecular formula is C21H23NO4. The largest absolute Gasteiger partial charge is 0.480 e. The van der Waals surface area contributed by atoms with Gasteiger partial charge in [-0.3, -0.25) is 9.59 Å². The summed E-state index contributed by atoms with van der Waals surface area (Å²) in [5, 5.41) is 11.8. The highest BCUT2D eigenvalue weighted by atomic mass is 16.4. The van der Waals surface area contributed by atoms with Gasteiger partial charge in [-0.15, -0.1) is 0 Å². The van der Waals surface area contributed by atoms with Crippen LogP contribution in [0.4, 0.5) is 0 Å². The number of carbonyl (C=O) groups excluding carboxylic acids is 2. The lowest BCUT2D eigenvalue weighted by Gasteiger charge is -2.14. The summed E-state index contributed by atoms with van der Waals surface area (Å²) in [7, 11) is 0. The van der Waals surface area contributed by atoms with Crippen LogP contribution in [0.2, 0.25) is 0 Å². The lowest BCUT2D eigenvalue weighted by Crippen LogP contribution is -2.42. The number of benzene rings is 2. The smallest absolute Gasteiger partial charge is 0.326 e. The monoisotopic (exact) mass is 353 g/mol. The number of rotatable bonds is 8. The van der Waals surface area contributed by atoms with Crippen LogP contribution in [0.25, 0.3) is 0 Å². The molecule has 0 aliphatic carbocycles. The predicted octanol–water partition coefficient (Wildman–Crippen LogP) is 3.08. The first-order chi connectivity index (χ1) is 12.4. The standard InChI is InChI=1S/C21H23NO4/c1-14-8-9-15(2)17(12-14)19(23)10-11-20(24)22-18(21(25)26)13-16-6-4-3-5-7-16/h3-9,12,18H,10-11,13H2,1-2H3,(H,22,24)(H,25,26). The molecule has 1 amide bonds. The molecule has 0 saturated carbocycles. The lowest BCUT2D eigenvalue weighted by molar-refractivity contribution is -0.141. The Balaban J connectivity index is 1.92. The van der Waals surface area contributed by atoms with Crippen molar-refractivity contribution in [3.8, 4) is 0 Å². The van der Waals surface area contributed by atoms with Gasteiger partial charge in [0.2, 0.25) is 5.91 Å². The van der Waals surface area contributed by atoms with Crippen molar-refractivity contribution >= 4 is 17.7 Å². The molecule has 2 aromatic carbocycles. The Bertz CT molecular complexity index is 799. The van der Waals surface area contributed by atoms with E-state index in [0.717, 1.165) is 16.7 Å². The number of carboxylic acid groups (broad SMARTS) is 1. The molecule has 0 aliphatic heterocycles. The summed E-state index contributed by atoms with van der Waals surface area (Å²) < 4.78 is 0. The van der Waals surface area contributed by atoms with Crippen molar-refractivity contribution in [2.24, 2.45) is 0 Å². The zero-order chi connectivity index (χ0) is 19.1. The summed E-state index contributed by atoms with van der Waals surface area (Å²) in [6.07, 6.45) is 0.214. The van der Waals surface area contributed by atoms with E-state index in [9.17, 15) is 19.5 Å². The number of ketones is 1.